The fourth-order valence-electron chi connectivity index (χ4n) is 2.20. The molecule has 0 bridgehead atoms. The van der Waals surface area contributed by atoms with E-state index in [1.54, 1.807) is 6.07 Å². The smallest absolute Gasteiger partial charge is 0.341 e. The lowest BCUT2D eigenvalue weighted by molar-refractivity contribution is 0.0695. The van der Waals surface area contributed by atoms with Crippen LogP contribution in [0.5, 0.6) is 0 Å². The molecule has 0 amide bonds. The molecule has 0 unspecified atom stereocenters. The number of anilines is 1. The van der Waals surface area contributed by atoms with E-state index in [9.17, 15) is 14.7 Å². The number of aromatic nitrogens is 1. The normalized spacial score (nSPS) is 11.1. The Morgan fingerprint density at radius 3 is 2.45 bits per heavy atom. The van der Waals surface area contributed by atoms with Crippen molar-refractivity contribution in [3.05, 3.63) is 40.2 Å². The second-order valence-electron chi connectivity index (χ2n) is 5.27. The Morgan fingerprint density at radius 1 is 1.30 bits per heavy atom. The monoisotopic (exact) mass is 274 g/mol. The van der Waals surface area contributed by atoms with Crippen LogP contribution in [0.1, 0.15) is 30.2 Å². The van der Waals surface area contributed by atoms with E-state index in [1.807, 2.05) is 49.5 Å². The molecule has 0 aliphatic heterocycles. The molecule has 0 saturated carbocycles. The van der Waals surface area contributed by atoms with Crippen LogP contribution in [0.15, 0.2) is 29.2 Å². The van der Waals surface area contributed by atoms with E-state index < -0.39 is 11.4 Å². The van der Waals surface area contributed by atoms with Gasteiger partial charge in [-0.15, -0.1) is 0 Å². The third-order valence-electron chi connectivity index (χ3n) is 3.32. The van der Waals surface area contributed by atoms with Crippen molar-refractivity contribution in [2.75, 3.05) is 19.0 Å². The maximum absolute atomic E-state index is 12.3. The van der Waals surface area contributed by atoms with E-state index in [4.69, 9.17) is 0 Å². The van der Waals surface area contributed by atoms with Gasteiger partial charge < -0.3 is 14.6 Å². The summed E-state index contributed by atoms with van der Waals surface area (Å²) >= 11 is 0. The van der Waals surface area contributed by atoms with Crippen LogP contribution in [0, 0.1) is 0 Å². The number of hydrogen-bond donors (Lipinski definition) is 1. The summed E-state index contributed by atoms with van der Waals surface area (Å²) in [6, 6.07) is 5.59. The molecule has 0 fully saturated rings. The fraction of sp³-hybridized carbons (Fsp3) is 0.333. The van der Waals surface area contributed by atoms with Gasteiger partial charge in [-0.05, 0) is 32.0 Å². The number of rotatable bonds is 3. The average molecular weight is 274 g/mol. The van der Waals surface area contributed by atoms with Crippen molar-refractivity contribution in [2.24, 2.45) is 0 Å². The average Bonchev–Trinajstić information content (AvgIpc) is 2.37. The van der Waals surface area contributed by atoms with Crippen LogP contribution < -0.4 is 10.3 Å². The number of fused-ring (bicyclic) bond motifs is 1. The van der Waals surface area contributed by atoms with Crippen LogP contribution in [0.25, 0.3) is 10.9 Å². The molecule has 2 rings (SSSR count). The first-order valence-corrected chi connectivity index (χ1v) is 6.42. The summed E-state index contributed by atoms with van der Waals surface area (Å²) in [5.74, 6) is -1.19. The Balaban J connectivity index is 2.91. The van der Waals surface area contributed by atoms with Crippen molar-refractivity contribution in [1.82, 2.24) is 4.57 Å². The lowest BCUT2D eigenvalue weighted by Crippen LogP contribution is -2.20. The molecule has 0 saturated heterocycles. The van der Waals surface area contributed by atoms with Crippen LogP contribution in [0.4, 0.5) is 5.69 Å². The van der Waals surface area contributed by atoms with Gasteiger partial charge in [0.2, 0.25) is 5.43 Å². The summed E-state index contributed by atoms with van der Waals surface area (Å²) in [5.41, 5.74) is 0.989. The fourth-order valence-corrected chi connectivity index (χ4v) is 2.20. The van der Waals surface area contributed by atoms with E-state index in [0.717, 1.165) is 11.2 Å². The Bertz CT molecular complexity index is 730. The number of benzene rings is 1. The van der Waals surface area contributed by atoms with Gasteiger partial charge in [-0.2, -0.15) is 0 Å². The lowest BCUT2D eigenvalue weighted by atomic mass is 10.1. The molecular formula is C15H18N2O3. The van der Waals surface area contributed by atoms with Gasteiger partial charge in [-0.3, -0.25) is 4.79 Å². The number of carbonyl (C=O) groups is 1. The summed E-state index contributed by atoms with van der Waals surface area (Å²) < 4.78 is 1.82. The molecule has 1 aromatic carbocycles. The second kappa shape index (κ2) is 5.00. The standard InChI is InChI=1S/C15H18N2O3/c1-9(2)17-8-12(15(19)20)14(18)11-7-10(16(3)4)5-6-13(11)17/h5-9H,1-4H3,(H,19,20). The summed E-state index contributed by atoms with van der Waals surface area (Å²) in [6.45, 7) is 3.91. The Morgan fingerprint density at radius 2 is 1.95 bits per heavy atom. The molecule has 0 aliphatic rings. The molecule has 5 nitrogen and oxygen atoms in total. The molecule has 0 atom stereocenters. The Kier molecular flexibility index (Phi) is 3.53. The predicted molar refractivity (Wildman–Crippen MR) is 79.9 cm³/mol. The highest BCUT2D eigenvalue weighted by molar-refractivity contribution is 5.93. The molecule has 2 aromatic rings. The number of carboxylic acids is 1. The zero-order chi connectivity index (χ0) is 15.0. The van der Waals surface area contributed by atoms with Gasteiger partial charge in [-0.1, -0.05) is 0 Å². The number of aromatic carboxylic acids is 1. The molecule has 20 heavy (non-hydrogen) atoms. The van der Waals surface area contributed by atoms with E-state index in [-0.39, 0.29) is 11.6 Å². The molecule has 0 aliphatic carbocycles. The van der Waals surface area contributed by atoms with E-state index in [1.165, 1.54) is 6.20 Å². The predicted octanol–water partition coefficient (Wildman–Crippen LogP) is 2.35. The first-order chi connectivity index (χ1) is 9.32. The molecule has 106 valence electrons. The van der Waals surface area contributed by atoms with E-state index in [0.29, 0.717) is 5.39 Å². The van der Waals surface area contributed by atoms with Gasteiger partial charge in [0.15, 0.2) is 0 Å². The van der Waals surface area contributed by atoms with Crippen molar-refractivity contribution in [2.45, 2.75) is 19.9 Å². The topological polar surface area (TPSA) is 62.5 Å². The van der Waals surface area contributed by atoms with Gasteiger partial charge in [0.25, 0.3) is 0 Å². The first kappa shape index (κ1) is 14.1. The van der Waals surface area contributed by atoms with E-state index >= 15 is 0 Å². The van der Waals surface area contributed by atoms with Crippen LogP contribution in [0.3, 0.4) is 0 Å². The maximum atomic E-state index is 12.3. The minimum atomic E-state index is -1.19. The second-order valence-corrected chi connectivity index (χ2v) is 5.27. The molecule has 1 heterocycles. The summed E-state index contributed by atoms with van der Waals surface area (Å²) in [7, 11) is 3.76. The molecule has 0 spiro atoms. The van der Waals surface area contributed by atoms with Crippen LogP contribution in [-0.4, -0.2) is 29.7 Å². The number of pyridine rings is 1. The molecule has 5 heteroatoms. The van der Waals surface area contributed by atoms with Crippen molar-refractivity contribution < 1.29 is 9.90 Å². The summed E-state index contributed by atoms with van der Waals surface area (Å²) in [5, 5.41) is 9.62. The summed E-state index contributed by atoms with van der Waals surface area (Å²) in [4.78, 5) is 25.4. The van der Waals surface area contributed by atoms with Crippen molar-refractivity contribution in [3.8, 4) is 0 Å². The van der Waals surface area contributed by atoms with E-state index in [2.05, 4.69) is 0 Å². The Hall–Kier alpha value is -2.30. The maximum Gasteiger partial charge on any atom is 0.341 e. The summed E-state index contributed by atoms with van der Waals surface area (Å²) in [6.07, 6.45) is 1.42. The molecule has 0 radical (unpaired) electrons. The van der Waals surface area contributed by atoms with Crippen LogP contribution in [0.2, 0.25) is 0 Å². The zero-order valence-corrected chi connectivity index (χ0v) is 12.0. The number of carboxylic acid groups (broad SMARTS) is 1. The van der Waals surface area contributed by atoms with Crippen molar-refractivity contribution in [3.63, 3.8) is 0 Å². The highest BCUT2D eigenvalue weighted by atomic mass is 16.4. The largest absolute Gasteiger partial charge is 0.477 e. The van der Waals surface area contributed by atoms with Crippen molar-refractivity contribution in [1.29, 1.82) is 0 Å². The molecule has 1 N–H and O–H groups in total. The van der Waals surface area contributed by atoms with Crippen LogP contribution in [-0.2, 0) is 0 Å². The SMILES string of the molecule is CC(C)n1cc(C(=O)O)c(=O)c2cc(N(C)C)ccc21. The first-order valence-electron chi connectivity index (χ1n) is 6.42. The third kappa shape index (κ3) is 2.27. The quantitative estimate of drug-likeness (QED) is 0.933. The van der Waals surface area contributed by atoms with Gasteiger partial charge >= 0.3 is 5.97 Å². The lowest BCUT2D eigenvalue weighted by Gasteiger charge is -2.18. The molecule has 1 aromatic heterocycles. The van der Waals surface area contributed by atoms with Crippen LogP contribution >= 0.6 is 0 Å². The zero-order valence-electron chi connectivity index (χ0n) is 12.0. The number of nitrogens with zero attached hydrogens (tertiary/aromatic N) is 2. The van der Waals surface area contributed by atoms with Crippen molar-refractivity contribution >= 4 is 22.6 Å². The Labute approximate surface area is 117 Å². The highest BCUT2D eigenvalue weighted by Crippen LogP contribution is 2.21. The van der Waals surface area contributed by atoms with Gasteiger partial charge in [-0.25, -0.2) is 4.79 Å². The third-order valence-corrected chi connectivity index (χ3v) is 3.32. The van der Waals surface area contributed by atoms with Gasteiger partial charge in [0, 0.05) is 37.4 Å². The van der Waals surface area contributed by atoms with Gasteiger partial charge in [0.05, 0.1) is 5.52 Å². The number of hydrogen-bond acceptors (Lipinski definition) is 3. The minimum absolute atomic E-state index is 0.0707. The molecular weight excluding hydrogens is 256 g/mol. The van der Waals surface area contributed by atoms with Gasteiger partial charge in [0.1, 0.15) is 5.56 Å². The highest BCUT2D eigenvalue weighted by Gasteiger charge is 2.16. The minimum Gasteiger partial charge on any atom is -0.477 e.